The lowest BCUT2D eigenvalue weighted by Gasteiger charge is -2.27. The van der Waals surface area contributed by atoms with Crippen LogP contribution in [0.1, 0.15) is 16.9 Å². The number of carbonyl (C=O) groups excluding carboxylic acids is 1. The zero-order valence-electron chi connectivity index (χ0n) is 10.3. The van der Waals surface area contributed by atoms with Gasteiger partial charge in [-0.3, -0.25) is 9.59 Å². The zero-order valence-corrected chi connectivity index (χ0v) is 11.8. The maximum atomic E-state index is 13.0. The van der Waals surface area contributed by atoms with Gasteiger partial charge in [-0.15, -0.1) is 0 Å². The molecule has 21 heavy (non-hydrogen) atoms. The standard InChI is InChI=1S/C11H9Cl2F3N2O3/c12-5-3-6(17-7(5)13)8(19)18-2-1-10(4-18,9(20)21)11(14,15)16/h3,17H,1-2,4H2,(H,20,21). The monoisotopic (exact) mass is 344 g/mol. The molecule has 2 heterocycles. The molecular formula is C11H9Cl2F3N2O3. The Morgan fingerprint density at radius 3 is 2.38 bits per heavy atom. The van der Waals surface area contributed by atoms with Crippen molar-refractivity contribution >= 4 is 35.1 Å². The summed E-state index contributed by atoms with van der Waals surface area (Å²) < 4.78 is 39.0. The summed E-state index contributed by atoms with van der Waals surface area (Å²) in [5.41, 5.74) is -3.03. The molecular weight excluding hydrogens is 336 g/mol. The van der Waals surface area contributed by atoms with Gasteiger partial charge in [0.2, 0.25) is 0 Å². The highest BCUT2D eigenvalue weighted by atomic mass is 35.5. The number of amides is 1. The second kappa shape index (κ2) is 5.10. The van der Waals surface area contributed by atoms with Crippen molar-refractivity contribution < 1.29 is 27.9 Å². The van der Waals surface area contributed by atoms with Crippen LogP contribution < -0.4 is 0 Å². The number of aromatic amines is 1. The minimum absolute atomic E-state index is 0.0143. The number of carboxylic acids is 1. The van der Waals surface area contributed by atoms with Crippen LogP contribution in [0.2, 0.25) is 10.2 Å². The molecule has 1 aliphatic rings. The zero-order chi connectivity index (χ0) is 16.0. The van der Waals surface area contributed by atoms with Crippen molar-refractivity contribution in [2.45, 2.75) is 12.6 Å². The third kappa shape index (κ3) is 2.57. The van der Waals surface area contributed by atoms with E-state index in [0.717, 1.165) is 4.90 Å². The Bertz CT molecular complexity index is 583. The highest BCUT2D eigenvalue weighted by molar-refractivity contribution is 6.41. The fourth-order valence-corrected chi connectivity index (χ4v) is 2.51. The number of carboxylic acid groups (broad SMARTS) is 1. The molecule has 1 aromatic rings. The van der Waals surface area contributed by atoms with Crippen LogP contribution in [-0.2, 0) is 4.79 Å². The summed E-state index contributed by atoms with van der Waals surface area (Å²) in [6.45, 7) is -1.27. The number of halogens is 5. The Morgan fingerprint density at radius 2 is 2.00 bits per heavy atom. The molecule has 1 unspecified atom stereocenters. The van der Waals surface area contributed by atoms with Crippen LogP contribution in [0.15, 0.2) is 6.07 Å². The molecule has 1 aliphatic heterocycles. The first-order valence-electron chi connectivity index (χ1n) is 5.72. The van der Waals surface area contributed by atoms with E-state index in [9.17, 15) is 22.8 Å². The number of aliphatic carboxylic acids is 1. The van der Waals surface area contributed by atoms with E-state index in [2.05, 4.69) is 4.98 Å². The second-order valence-electron chi connectivity index (χ2n) is 4.71. The molecule has 1 fully saturated rings. The van der Waals surface area contributed by atoms with E-state index < -0.39 is 36.4 Å². The van der Waals surface area contributed by atoms with E-state index in [1.807, 2.05) is 0 Å². The number of alkyl halides is 3. The number of carbonyl (C=O) groups is 2. The van der Waals surface area contributed by atoms with Crippen LogP contribution in [0.3, 0.4) is 0 Å². The van der Waals surface area contributed by atoms with Gasteiger partial charge in [-0.05, 0) is 12.5 Å². The topological polar surface area (TPSA) is 73.4 Å². The largest absolute Gasteiger partial charge is 0.481 e. The molecule has 0 radical (unpaired) electrons. The number of likely N-dealkylation sites (tertiary alicyclic amines) is 1. The van der Waals surface area contributed by atoms with E-state index >= 15 is 0 Å². The smallest absolute Gasteiger partial charge is 0.406 e. The van der Waals surface area contributed by atoms with Crippen LogP contribution in [0.25, 0.3) is 0 Å². The molecule has 116 valence electrons. The molecule has 0 bridgehead atoms. The number of nitrogens with one attached hydrogen (secondary N) is 1. The molecule has 0 spiro atoms. The molecule has 1 atom stereocenters. The summed E-state index contributed by atoms with van der Waals surface area (Å²) in [6.07, 6.45) is -5.64. The molecule has 10 heteroatoms. The number of hydrogen-bond acceptors (Lipinski definition) is 2. The number of rotatable bonds is 2. The van der Waals surface area contributed by atoms with E-state index in [1.54, 1.807) is 0 Å². The number of H-pyrrole nitrogens is 1. The summed E-state index contributed by atoms with van der Waals surface area (Å²) in [5, 5.41) is 8.95. The predicted octanol–water partition coefficient (Wildman–Crippen LogP) is 2.80. The van der Waals surface area contributed by atoms with Crippen LogP contribution in [0.5, 0.6) is 0 Å². The van der Waals surface area contributed by atoms with Gasteiger partial charge in [0.1, 0.15) is 10.8 Å². The molecule has 2 N–H and O–H groups in total. The van der Waals surface area contributed by atoms with Crippen molar-refractivity contribution in [3.8, 4) is 0 Å². The highest BCUT2D eigenvalue weighted by Gasteiger charge is 2.64. The summed E-state index contributed by atoms with van der Waals surface area (Å²) in [6, 6.07) is 1.18. The Labute approximate surface area is 126 Å². The maximum Gasteiger partial charge on any atom is 0.406 e. The fourth-order valence-electron chi connectivity index (χ4n) is 2.20. The minimum Gasteiger partial charge on any atom is -0.481 e. The second-order valence-corrected chi connectivity index (χ2v) is 5.49. The van der Waals surface area contributed by atoms with Gasteiger partial charge in [0.25, 0.3) is 5.91 Å². The average Bonchev–Trinajstić information content (AvgIpc) is 2.94. The van der Waals surface area contributed by atoms with Crippen molar-refractivity contribution in [1.29, 1.82) is 0 Å². The average molecular weight is 345 g/mol. The number of hydrogen-bond donors (Lipinski definition) is 2. The van der Waals surface area contributed by atoms with Crippen molar-refractivity contribution in [2.24, 2.45) is 5.41 Å². The lowest BCUT2D eigenvalue weighted by molar-refractivity contribution is -0.227. The Balaban J connectivity index is 2.25. The van der Waals surface area contributed by atoms with Gasteiger partial charge < -0.3 is 15.0 Å². The van der Waals surface area contributed by atoms with Crippen molar-refractivity contribution in [3.63, 3.8) is 0 Å². The van der Waals surface area contributed by atoms with Gasteiger partial charge >= 0.3 is 12.1 Å². The van der Waals surface area contributed by atoms with Gasteiger partial charge in [-0.25, -0.2) is 0 Å². The Hall–Kier alpha value is -1.41. The summed E-state index contributed by atoms with van der Waals surface area (Å²) in [7, 11) is 0. The van der Waals surface area contributed by atoms with Gasteiger partial charge in [0.05, 0.1) is 5.02 Å². The van der Waals surface area contributed by atoms with Gasteiger partial charge in [0, 0.05) is 13.1 Å². The molecule has 0 aliphatic carbocycles. The first-order valence-corrected chi connectivity index (χ1v) is 6.47. The molecule has 2 rings (SSSR count). The van der Waals surface area contributed by atoms with E-state index in [1.165, 1.54) is 6.07 Å². The van der Waals surface area contributed by atoms with E-state index in [4.69, 9.17) is 28.3 Å². The van der Waals surface area contributed by atoms with Crippen LogP contribution in [0, 0.1) is 5.41 Å². The Kier molecular flexibility index (Phi) is 3.88. The lowest BCUT2D eigenvalue weighted by Crippen LogP contribution is -2.47. The van der Waals surface area contributed by atoms with Gasteiger partial charge in [0.15, 0.2) is 5.41 Å². The summed E-state index contributed by atoms with van der Waals surface area (Å²) in [5.74, 6) is -2.77. The minimum atomic E-state index is -4.95. The van der Waals surface area contributed by atoms with Gasteiger partial charge in [-0.1, -0.05) is 23.2 Å². The third-order valence-corrected chi connectivity index (χ3v) is 4.16. The van der Waals surface area contributed by atoms with Crippen LogP contribution in [-0.4, -0.2) is 46.1 Å². The van der Waals surface area contributed by atoms with Crippen LogP contribution in [0.4, 0.5) is 13.2 Å². The van der Waals surface area contributed by atoms with Gasteiger partial charge in [-0.2, -0.15) is 13.2 Å². The third-order valence-electron chi connectivity index (χ3n) is 3.46. The molecule has 1 saturated heterocycles. The van der Waals surface area contributed by atoms with Crippen molar-refractivity contribution in [3.05, 3.63) is 21.9 Å². The molecule has 0 saturated carbocycles. The maximum absolute atomic E-state index is 13.0. The normalized spacial score (nSPS) is 22.6. The SMILES string of the molecule is O=C(c1cc(Cl)c(Cl)[nH]1)N1CCC(C(=O)O)(C(F)(F)F)C1. The van der Waals surface area contributed by atoms with Crippen LogP contribution >= 0.6 is 23.2 Å². The quantitative estimate of drug-likeness (QED) is 0.866. The van der Waals surface area contributed by atoms with E-state index in [0.29, 0.717) is 0 Å². The first-order chi connectivity index (χ1) is 9.58. The first kappa shape index (κ1) is 16.0. The highest BCUT2D eigenvalue weighted by Crippen LogP contribution is 2.46. The molecule has 0 aromatic carbocycles. The lowest BCUT2D eigenvalue weighted by atomic mass is 9.86. The molecule has 1 aromatic heterocycles. The number of nitrogens with zero attached hydrogens (tertiary/aromatic N) is 1. The van der Waals surface area contributed by atoms with Crippen molar-refractivity contribution in [2.75, 3.05) is 13.1 Å². The fraction of sp³-hybridized carbons (Fsp3) is 0.455. The summed E-state index contributed by atoms with van der Waals surface area (Å²) >= 11 is 11.3. The summed E-state index contributed by atoms with van der Waals surface area (Å²) in [4.78, 5) is 26.3. The van der Waals surface area contributed by atoms with Crippen molar-refractivity contribution in [1.82, 2.24) is 9.88 Å². The Morgan fingerprint density at radius 1 is 1.38 bits per heavy atom. The predicted molar refractivity (Wildman–Crippen MR) is 67.5 cm³/mol. The molecule has 5 nitrogen and oxygen atoms in total. The molecule has 1 amide bonds. The number of aromatic nitrogens is 1. The van der Waals surface area contributed by atoms with E-state index in [-0.39, 0.29) is 22.4 Å².